The Morgan fingerprint density at radius 2 is 1.71 bits per heavy atom. The molecular formula is C23H23N3O8. The minimum absolute atomic E-state index is 0.0230. The summed E-state index contributed by atoms with van der Waals surface area (Å²) in [5.74, 6) is -2.33. The summed E-state index contributed by atoms with van der Waals surface area (Å²) >= 11 is 0. The largest absolute Gasteiger partial charge is 0.507 e. The number of benzene rings is 2. The molecule has 3 rings (SSSR count). The van der Waals surface area contributed by atoms with Crippen molar-refractivity contribution in [2.45, 2.75) is 32.4 Å². The van der Waals surface area contributed by atoms with Crippen LogP contribution in [0.25, 0.3) is 5.76 Å². The monoisotopic (exact) mass is 469 g/mol. The van der Waals surface area contributed by atoms with Crippen LogP contribution in [-0.2, 0) is 14.3 Å². The van der Waals surface area contributed by atoms with Crippen LogP contribution in [0.5, 0.6) is 0 Å². The number of hydrogen-bond acceptors (Lipinski definition) is 8. The van der Waals surface area contributed by atoms with E-state index in [1.54, 1.807) is 0 Å². The average molecular weight is 469 g/mol. The van der Waals surface area contributed by atoms with Crippen molar-refractivity contribution < 1.29 is 29.3 Å². The van der Waals surface area contributed by atoms with E-state index in [2.05, 4.69) is 0 Å². The molecule has 1 amide bonds. The first kappa shape index (κ1) is 24.5. The van der Waals surface area contributed by atoms with E-state index in [-0.39, 0.29) is 40.7 Å². The highest BCUT2D eigenvalue weighted by molar-refractivity contribution is 6.46. The molecule has 1 atom stereocenters. The quantitative estimate of drug-likeness (QED) is 0.145. The van der Waals surface area contributed by atoms with Gasteiger partial charge in [-0.05, 0) is 38.0 Å². The third-order valence-electron chi connectivity index (χ3n) is 5.28. The van der Waals surface area contributed by atoms with Gasteiger partial charge in [0.25, 0.3) is 23.1 Å². The molecule has 2 aromatic rings. The Hall–Kier alpha value is -4.12. The second kappa shape index (κ2) is 10.2. The van der Waals surface area contributed by atoms with Crippen LogP contribution >= 0.6 is 0 Å². The second-order valence-electron chi connectivity index (χ2n) is 7.92. The zero-order valence-corrected chi connectivity index (χ0v) is 18.5. The first-order valence-electron chi connectivity index (χ1n) is 10.5. The molecular weight excluding hydrogens is 446 g/mol. The number of carbonyl (C=O) groups excluding carboxylic acids is 2. The highest BCUT2D eigenvalue weighted by Gasteiger charge is 2.46. The molecule has 1 heterocycles. The number of ether oxygens (including phenoxy) is 1. The van der Waals surface area contributed by atoms with E-state index in [1.165, 1.54) is 41.3 Å². The minimum atomic E-state index is -1.07. The number of Topliss-reactive ketones (excluding diaryl/α,β-unsaturated/α-hetero) is 1. The zero-order chi connectivity index (χ0) is 25.0. The lowest BCUT2D eigenvalue weighted by molar-refractivity contribution is -0.385. The summed E-state index contributed by atoms with van der Waals surface area (Å²) in [6, 6.07) is 9.27. The van der Waals surface area contributed by atoms with Crippen molar-refractivity contribution in [3.8, 4) is 0 Å². The maximum Gasteiger partial charge on any atom is 0.295 e. The van der Waals surface area contributed by atoms with Crippen LogP contribution in [0.15, 0.2) is 54.1 Å². The molecule has 0 aliphatic carbocycles. The molecule has 34 heavy (non-hydrogen) atoms. The number of likely N-dealkylation sites (tertiary alicyclic amines) is 1. The van der Waals surface area contributed by atoms with E-state index in [0.29, 0.717) is 13.0 Å². The summed E-state index contributed by atoms with van der Waals surface area (Å²) < 4.78 is 5.50. The Morgan fingerprint density at radius 3 is 2.29 bits per heavy atom. The van der Waals surface area contributed by atoms with Gasteiger partial charge < -0.3 is 14.7 Å². The number of aliphatic hydroxyl groups is 1. The molecule has 11 heteroatoms. The van der Waals surface area contributed by atoms with Crippen molar-refractivity contribution in [2.75, 3.05) is 13.2 Å². The van der Waals surface area contributed by atoms with Gasteiger partial charge in [-0.1, -0.05) is 12.1 Å². The number of hydrogen-bond donors (Lipinski definition) is 1. The lowest BCUT2D eigenvalue weighted by Gasteiger charge is -2.25. The van der Waals surface area contributed by atoms with Gasteiger partial charge in [-0.2, -0.15) is 0 Å². The summed E-state index contributed by atoms with van der Waals surface area (Å²) in [4.78, 5) is 48.1. The molecule has 0 unspecified atom stereocenters. The Morgan fingerprint density at radius 1 is 1.06 bits per heavy atom. The normalized spacial score (nSPS) is 17.4. The van der Waals surface area contributed by atoms with Crippen LogP contribution in [0.3, 0.4) is 0 Å². The fourth-order valence-corrected chi connectivity index (χ4v) is 3.72. The maximum atomic E-state index is 13.0. The first-order chi connectivity index (χ1) is 16.1. The second-order valence-corrected chi connectivity index (χ2v) is 7.92. The van der Waals surface area contributed by atoms with Crippen molar-refractivity contribution in [1.29, 1.82) is 0 Å². The number of carbonyl (C=O) groups is 2. The number of amides is 1. The van der Waals surface area contributed by atoms with Crippen LogP contribution in [0.4, 0.5) is 11.4 Å². The summed E-state index contributed by atoms with van der Waals surface area (Å²) in [6.07, 6.45) is 0.374. The van der Waals surface area contributed by atoms with Crippen molar-refractivity contribution in [2.24, 2.45) is 0 Å². The highest BCUT2D eigenvalue weighted by Crippen LogP contribution is 2.40. The third-order valence-corrected chi connectivity index (χ3v) is 5.28. The lowest BCUT2D eigenvalue weighted by Crippen LogP contribution is -2.31. The number of rotatable bonds is 9. The van der Waals surface area contributed by atoms with Crippen LogP contribution in [0.2, 0.25) is 0 Å². The van der Waals surface area contributed by atoms with Gasteiger partial charge in [0.05, 0.1) is 27.6 Å². The maximum absolute atomic E-state index is 13.0. The number of non-ortho nitro benzene ring substituents is 2. The molecule has 0 spiro atoms. The molecule has 0 radical (unpaired) electrons. The van der Waals surface area contributed by atoms with E-state index in [9.17, 15) is 34.9 Å². The van der Waals surface area contributed by atoms with Gasteiger partial charge in [-0.3, -0.25) is 29.8 Å². The fraction of sp³-hybridized carbons (Fsp3) is 0.304. The molecule has 0 saturated carbocycles. The Balaban J connectivity index is 2.08. The SMILES string of the molecule is CC(C)OCCCN1C(=O)C(=O)C(=C(O)c2ccc([N+](=O)[O-])cc2)[C@@H]1c1cccc([N+](=O)[O-])c1. The Kier molecular flexibility index (Phi) is 7.37. The van der Waals surface area contributed by atoms with E-state index in [0.717, 1.165) is 12.1 Å². The summed E-state index contributed by atoms with van der Waals surface area (Å²) in [5.41, 5.74) is -0.313. The number of nitro groups is 2. The molecule has 178 valence electrons. The van der Waals surface area contributed by atoms with Gasteiger partial charge in [0.15, 0.2) is 0 Å². The number of nitro benzene ring substituents is 2. The Bertz CT molecular complexity index is 1160. The third kappa shape index (κ3) is 5.09. The van der Waals surface area contributed by atoms with E-state index in [1.807, 2.05) is 13.8 Å². The zero-order valence-electron chi connectivity index (χ0n) is 18.5. The molecule has 1 N–H and O–H groups in total. The van der Waals surface area contributed by atoms with Gasteiger partial charge in [-0.25, -0.2) is 0 Å². The van der Waals surface area contributed by atoms with Gasteiger partial charge in [-0.15, -0.1) is 0 Å². The van der Waals surface area contributed by atoms with Gasteiger partial charge in [0.2, 0.25) is 0 Å². The highest BCUT2D eigenvalue weighted by atomic mass is 16.6. The first-order valence-corrected chi connectivity index (χ1v) is 10.5. The number of aliphatic hydroxyl groups excluding tert-OH is 1. The molecule has 1 aliphatic heterocycles. The minimum Gasteiger partial charge on any atom is -0.507 e. The van der Waals surface area contributed by atoms with Crippen LogP contribution in [-0.4, -0.2) is 50.8 Å². The average Bonchev–Trinajstić information content (AvgIpc) is 3.06. The molecule has 1 saturated heterocycles. The molecule has 2 aromatic carbocycles. The summed E-state index contributed by atoms with van der Waals surface area (Å²) in [5, 5.41) is 33.2. The molecule has 1 fully saturated rings. The van der Waals surface area contributed by atoms with Gasteiger partial charge in [0, 0.05) is 43.0 Å². The topological polar surface area (TPSA) is 153 Å². The van der Waals surface area contributed by atoms with E-state index >= 15 is 0 Å². The van der Waals surface area contributed by atoms with Crippen LogP contribution in [0, 0.1) is 20.2 Å². The van der Waals surface area contributed by atoms with E-state index < -0.39 is 33.3 Å². The fourth-order valence-electron chi connectivity index (χ4n) is 3.72. The van der Waals surface area contributed by atoms with Crippen molar-refractivity contribution in [3.63, 3.8) is 0 Å². The van der Waals surface area contributed by atoms with Crippen molar-refractivity contribution >= 4 is 28.8 Å². The van der Waals surface area contributed by atoms with Crippen LogP contribution < -0.4 is 0 Å². The molecule has 0 bridgehead atoms. The standard InChI is InChI=1S/C23H23N3O8/c1-14(2)34-12-4-11-24-20(16-5-3-6-18(13-16)26(32)33)19(22(28)23(24)29)21(27)15-7-9-17(10-8-15)25(30)31/h3,5-10,13-14,20,27H,4,11-12H2,1-2H3/t20-/m0/s1. The van der Waals surface area contributed by atoms with Gasteiger partial charge in [0.1, 0.15) is 5.76 Å². The van der Waals surface area contributed by atoms with Crippen LogP contribution in [0.1, 0.15) is 37.4 Å². The Labute approximate surface area is 194 Å². The number of ketones is 1. The van der Waals surface area contributed by atoms with E-state index in [4.69, 9.17) is 4.74 Å². The number of nitrogens with zero attached hydrogens (tertiary/aromatic N) is 3. The summed E-state index contributed by atoms with van der Waals surface area (Å²) in [7, 11) is 0. The molecule has 11 nitrogen and oxygen atoms in total. The molecule has 0 aromatic heterocycles. The smallest absolute Gasteiger partial charge is 0.295 e. The van der Waals surface area contributed by atoms with Crippen molar-refractivity contribution in [3.05, 3.63) is 85.5 Å². The lowest BCUT2D eigenvalue weighted by atomic mass is 9.95. The predicted molar refractivity (Wildman–Crippen MR) is 121 cm³/mol. The van der Waals surface area contributed by atoms with Gasteiger partial charge >= 0.3 is 0 Å². The molecule has 1 aliphatic rings. The summed E-state index contributed by atoms with van der Waals surface area (Å²) in [6.45, 7) is 4.16. The predicted octanol–water partition coefficient (Wildman–Crippen LogP) is 3.74. The van der Waals surface area contributed by atoms with Crippen molar-refractivity contribution in [1.82, 2.24) is 4.90 Å².